The van der Waals surface area contributed by atoms with Gasteiger partial charge in [-0.05, 0) is 13.2 Å². The Kier molecular flexibility index (Phi) is 5.83. The molecule has 1 rings (SSSR count). The average molecular weight is 273 g/mol. The summed E-state index contributed by atoms with van der Waals surface area (Å²) < 4.78 is 4.77. The molecule has 0 saturated carbocycles. The first-order chi connectivity index (χ1) is 8.60. The molecule has 0 spiro atoms. The number of H-pyrrole nitrogens is 1. The maximum absolute atomic E-state index is 11.9. The van der Waals surface area contributed by atoms with E-state index in [0.29, 0.717) is 22.9 Å². The molecule has 2 N–H and O–H groups in total. The van der Waals surface area contributed by atoms with Crippen LogP contribution in [0.4, 0.5) is 0 Å². The third-order valence-corrected chi connectivity index (χ3v) is 2.74. The summed E-state index contributed by atoms with van der Waals surface area (Å²) in [6, 6.07) is 0. The molecule has 7 nitrogen and oxygen atoms in total. The second-order valence-corrected chi connectivity index (χ2v) is 4.12. The van der Waals surface area contributed by atoms with Gasteiger partial charge in [0.05, 0.1) is 18.8 Å². The SMILES string of the molecule is COCCONC(=O)c1c(SC)nc(=O)[nH]c1C. The van der Waals surface area contributed by atoms with Crippen LogP contribution in [0.25, 0.3) is 0 Å². The lowest BCUT2D eigenvalue weighted by Gasteiger charge is -2.09. The highest BCUT2D eigenvalue weighted by molar-refractivity contribution is 7.98. The number of rotatable bonds is 6. The first-order valence-electron chi connectivity index (χ1n) is 5.16. The van der Waals surface area contributed by atoms with Gasteiger partial charge in [0.25, 0.3) is 5.91 Å². The number of thioether (sulfide) groups is 1. The van der Waals surface area contributed by atoms with E-state index in [-0.39, 0.29) is 6.61 Å². The molecule has 0 unspecified atom stereocenters. The quantitative estimate of drug-likeness (QED) is 0.331. The highest BCUT2D eigenvalue weighted by Crippen LogP contribution is 2.17. The zero-order valence-electron chi connectivity index (χ0n) is 10.4. The summed E-state index contributed by atoms with van der Waals surface area (Å²) in [6.07, 6.45) is 1.74. The van der Waals surface area contributed by atoms with Crippen molar-refractivity contribution < 1.29 is 14.4 Å². The number of ether oxygens (including phenoxy) is 1. The number of aromatic amines is 1. The van der Waals surface area contributed by atoms with Crippen molar-refractivity contribution in [2.45, 2.75) is 11.9 Å². The van der Waals surface area contributed by atoms with Gasteiger partial charge in [-0.2, -0.15) is 4.98 Å². The van der Waals surface area contributed by atoms with Crippen molar-refractivity contribution in [3.05, 3.63) is 21.7 Å². The Hall–Kier alpha value is -1.38. The summed E-state index contributed by atoms with van der Waals surface area (Å²) in [5, 5.41) is 0.365. The maximum Gasteiger partial charge on any atom is 0.346 e. The van der Waals surface area contributed by atoms with Gasteiger partial charge in [-0.1, -0.05) is 0 Å². The molecule has 0 fully saturated rings. The van der Waals surface area contributed by atoms with Gasteiger partial charge in [0.2, 0.25) is 0 Å². The van der Waals surface area contributed by atoms with Crippen molar-refractivity contribution in [3.63, 3.8) is 0 Å². The van der Waals surface area contributed by atoms with Crippen molar-refractivity contribution in [2.24, 2.45) is 0 Å². The van der Waals surface area contributed by atoms with Gasteiger partial charge in [0, 0.05) is 12.8 Å². The molecule has 0 aliphatic rings. The maximum atomic E-state index is 11.9. The molecule has 1 heterocycles. The number of aryl methyl sites for hydroxylation is 1. The van der Waals surface area contributed by atoms with Crippen LogP contribution in [0, 0.1) is 6.92 Å². The van der Waals surface area contributed by atoms with Gasteiger partial charge in [-0.25, -0.2) is 10.3 Å². The van der Waals surface area contributed by atoms with Gasteiger partial charge in [-0.3, -0.25) is 9.63 Å². The summed E-state index contributed by atoms with van der Waals surface area (Å²) in [5.41, 5.74) is 2.55. The van der Waals surface area contributed by atoms with E-state index in [2.05, 4.69) is 15.4 Å². The average Bonchev–Trinajstić information content (AvgIpc) is 2.33. The first kappa shape index (κ1) is 14.7. The van der Waals surface area contributed by atoms with Crippen molar-refractivity contribution in [2.75, 3.05) is 26.6 Å². The Balaban J connectivity index is 2.81. The number of hydroxylamine groups is 1. The van der Waals surface area contributed by atoms with Gasteiger partial charge in [0.15, 0.2) is 0 Å². The number of hydrogen-bond acceptors (Lipinski definition) is 6. The van der Waals surface area contributed by atoms with E-state index >= 15 is 0 Å². The number of nitrogens with one attached hydrogen (secondary N) is 2. The van der Waals surface area contributed by atoms with E-state index < -0.39 is 11.6 Å². The Bertz CT molecular complexity index is 475. The summed E-state index contributed by atoms with van der Waals surface area (Å²) in [4.78, 5) is 34.2. The van der Waals surface area contributed by atoms with Crippen molar-refractivity contribution in [3.8, 4) is 0 Å². The van der Waals surface area contributed by atoms with Gasteiger partial charge < -0.3 is 9.72 Å². The number of aromatic nitrogens is 2. The highest BCUT2D eigenvalue weighted by atomic mass is 32.2. The number of carbonyl (C=O) groups excluding carboxylic acids is 1. The largest absolute Gasteiger partial charge is 0.382 e. The van der Waals surface area contributed by atoms with Crippen LogP contribution in [0.1, 0.15) is 16.1 Å². The fraction of sp³-hybridized carbons (Fsp3) is 0.500. The number of hydrogen-bond donors (Lipinski definition) is 2. The van der Waals surface area contributed by atoms with E-state index in [1.807, 2.05) is 0 Å². The number of methoxy groups -OCH3 is 1. The van der Waals surface area contributed by atoms with Gasteiger partial charge >= 0.3 is 5.69 Å². The van der Waals surface area contributed by atoms with E-state index in [1.54, 1.807) is 13.2 Å². The number of carbonyl (C=O) groups is 1. The van der Waals surface area contributed by atoms with Gasteiger partial charge in [0.1, 0.15) is 5.03 Å². The third kappa shape index (κ3) is 3.83. The molecule has 1 aromatic rings. The minimum atomic E-state index is -0.478. The van der Waals surface area contributed by atoms with Crippen LogP contribution in [0.3, 0.4) is 0 Å². The monoisotopic (exact) mass is 273 g/mol. The molecule has 8 heteroatoms. The van der Waals surface area contributed by atoms with Crippen molar-refractivity contribution >= 4 is 17.7 Å². The topological polar surface area (TPSA) is 93.3 Å². The van der Waals surface area contributed by atoms with Crippen LogP contribution in [0.2, 0.25) is 0 Å². The van der Waals surface area contributed by atoms with Crippen LogP contribution < -0.4 is 11.2 Å². The van der Waals surface area contributed by atoms with E-state index in [1.165, 1.54) is 18.9 Å². The first-order valence-corrected chi connectivity index (χ1v) is 6.38. The Morgan fingerprint density at radius 2 is 2.22 bits per heavy atom. The van der Waals surface area contributed by atoms with Crippen LogP contribution in [0.15, 0.2) is 9.82 Å². The lowest BCUT2D eigenvalue weighted by molar-refractivity contribution is 0.00858. The Labute approximate surface area is 108 Å². The zero-order chi connectivity index (χ0) is 13.5. The molecular formula is C10H15N3O4S. The minimum Gasteiger partial charge on any atom is -0.382 e. The summed E-state index contributed by atoms with van der Waals surface area (Å²) >= 11 is 1.22. The standard InChI is InChI=1S/C10H15N3O4S/c1-6-7(8(14)13-17-5-4-16-2)9(18-3)12-10(15)11-6/h4-5H2,1-3H3,(H,13,14)(H,11,12,15). The van der Waals surface area contributed by atoms with Crippen LogP contribution in [-0.4, -0.2) is 42.5 Å². The second-order valence-electron chi connectivity index (χ2n) is 3.32. The number of amides is 1. The molecule has 1 amide bonds. The molecule has 1 aromatic heterocycles. The summed E-state index contributed by atoms with van der Waals surface area (Å²) in [7, 11) is 1.53. The van der Waals surface area contributed by atoms with E-state index in [0.717, 1.165) is 0 Å². The van der Waals surface area contributed by atoms with Crippen molar-refractivity contribution in [1.82, 2.24) is 15.4 Å². The number of nitrogens with zero attached hydrogens (tertiary/aromatic N) is 1. The van der Waals surface area contributed by atoms with Gasteiger partial charge in [-0.15, -0.1) is 11.8 Å². The normalized spacial score (nSPS) is 10.4. The third-order valence-electron chi connectivity index (χ3n) is 2.06. The molecule has 18 heavy (non-hydrogen) atoms. The molecule has 0 aliphatic heterocycles. The Morgan fingerprint density at radius 1 is 1.50 bits per heavy atom. The van der Waals surface area contributed by atoms with E-state index in [4.69, 9.17) is 9.57 Å². The summed E-state index contributed by atoms with van der Waals surface area (Å²) in [5.74, 6) is -0.447. The van der Waals surface area contributed by atoms with Crippen LogP contribution in [-0.2, 0) is 9.57 Å². The molecule has 100 valence electrons. The molecule has 0 aliphatic carbocycles. The molecule has 0 aromatic carbocycles. The summed E-state index contributed by atoms with van der Waals surface area (Å²) in [6.45, 7) is 2.25. The fourth-order valence-corrected chi connectivity index (χ4v) is 1.89. The Morgan fingerprint density at radius 3 is 2.83 bits per heavy atom. The molecule has 0 radical (unpaired) electrons. The fourth-order valence-electron chi connectivity index (χ4n) is 1.27. The minimum absolute atomic E-state index is 0.243. The predicted octanol–water partition coefficient (Wildman–Crippen LogP) is 0.108. The van der Waals surface area contributed by atoms with E-state index in [9.17, 15) is 9.59 Å². The molecular weight excluding hydrogens is 258 g/mol. The highest BCUT2D eigenvalue weighted by Gasteiger charge is 2.16. The van der Waals surface area contributed by atoms with Crippen LogP contribution >= 0.6 is 11.8 Å². The van der Waals surface area contributed by atoms with Crippen LogP contribution in [0.5, 0.6) is 0 Å². The smallest absolute Gasteiger partial charge is 0.346 e. The second kappa shape index (κ2) is 7.14. The lowest BCUT2D eigenvalue weighted by atomic mass is 10.2. The molecule has 0 bridgehead atoms. The molecule has 0 atom stereocenters. The van der Waals surface area contributed by atoms with Crippen molar-refractivity contribution in [1.29, 1.82) is 0 Å². The predicted molar refractivity (Wildman–Crippen MR) is 66.7 cm³/mol. The lowest BCUT2D eigenvalue weighted by Crippen LogP contribution is -2.29. The zero-order valence-corrected chi connectivity index (χ0v) is 11.2. The molecule has 0 saturated heterocycles.